The van der Waals surface area contributed by atoms with Crippen molar-refractivity contribution < 1.29 is 5.11 Å². The molecule has 1 rings (SSSR count). The van der Waals surface area contributed by atoms with Gasteiger partial charge in [-0.2, -0.15) is 0 Å². The van der Waals surface area contributed by atoms with Crippen molar-refractivity contribution in [3.8, 4) is 0 Å². The fourth-order valence-electron chi connectivity index (χ4n) is 2.54. The Kier molecular flexibility index (Phi) is 7.58. The third kappa shape index (κ3) is 5.69. The van der Waals surface area contributed by atoms with E-state index in [0.717, 1.165) is 19.3 Å². The molecule has 0 fully saturated rings. The molecule has 0 saturated heterocycles. The van der Waals surface area contributed by atoms with E-state index in [1.54, 1.807) is 0 Å². The molecule has 0 amide bonds. The molecule has 0 bridgehead atoms. The summed E-state index contributed by atoms with van der Waals surface area (Å²) in [5, 5.41) is 10.0. The van der Waals surface area contributed by atoms with Crippen LogP contribution in [0.4, 0.5) is 0 Å². The smallest absolute Gasteiger partial charge is 0.0571 e. The molecule has 0 spiro atoms. The maximum absolute atomic E-state index is 10.0. The van der Waals surface area contributed by atoms with E-state index in [1.807, 2.05) is 0 Å². The normalized spacial score (nSPS) is 22.2. The summed E-state index contributed by atoms with van der Waals surface area (Å²) >= 11 is 0. The Morgan fingerprint density at radius 3 is 2.56 bits per heavy atom. The van der Waals surface area contributed by atoms with Crippen molar-refractivity contribution in [3.05, 3.63) is 12.2 Å². The summed E-state index contributed by atoms with van der Waals surface area (Å²) in [5.74, 6) is 0.542. The number of rotatable bonds is 8. The van der Waals surface area contributed by atoms with Crippen LogP contribution in [0.15, 0.2) is 12.2 Å². The summed E-state index contributed by atoms with van der Waals surface area (Å²) in [6.45, 7) is 2.25. The van der Waals surface area contributed by atoms with Crippen molar-refractivity contribution in [2.24, 2.45) is 5.92 Å². The first-order chi connectivity index (χ1) is 7.84. The first-order valence-electron chi connectivity index (χ1n) is 7.17. The van der Waals surface area contributed by atoms with Gasteiger partial charge in [-0.3, -0.25) is 0 Å². The van der Waals surface area contributed by atoms with Gasteiger partial charge in [-0.15, -0.1) is 0 Å². The largest absolute Gasteiger partial charge is 0.393 e. The quantitative estimate of drug-likeness (QED) is 0.477. The molecule has 0 aliphatic heterocycles. The highest BCUT2D eigenvalue weighted by molar-refractivity contribution is 4.92. The van der Waals surface area contributed by atoms with E-state index in [1.165, 1.54) is 44.9 Å². The first-order valence-corrected chi connectivity index (χ1v) is 7.17. The Bertz CT molecular complexity index is 186. The molecule has 0 aromatic rings. The van der Waals surface area contributed by atoms with Crippen LogP contribution >= 0.6 is 0 Å². The number of unbranched alkanes of at least 4 members (excludes halogenated alkanes) is 5. The average Bonchev–Trinajstić information content (AvgIpc) is 2.34. The number of aliphatic hydroxyl groups is 1. The van der Waals surface area contributed by atoms with Gasteiger partial charge in [0.05, 0.1) is 6.10 Å². The van der Waals surface area contributed by atoms with Crippen LogP contribution in [-0.2, 0) is 0 Å². The fraction of sp³-hybridized carbons (Fsp3) is 0.867. The highest BCUT2D eigenvalue weighted by Crippen LogP contribution is 2.24. The van der Waals surface area contributed by atoms with E-state index in [2.05, 4.69) is 19.1 Å². The zero-order chi connectivity index (χ0) is 11.6. The predicted molar refractivity (Wildman–Crippen MR) is 70.5 cm³/mol. The Morgan fingerprint density at radius 2 is 1.88 bits per heavy atom. The molecule has 2 atom stereocenters. The third-order valence-electron chi connectivity index (χ3n) is 3.71. The second-order valence-electron chi connectivity index (χ2n) is 5.17. The molecule has 1 nitrogen and oxygen atoms in total. The van der Waals surface area contributed by atoms with E-state index in [4.69, 9.17) is 0 Å². The lowest BCUT2D eigenvalue weighted by Gasteiger charge is -2.23. The lowest BCUT2D eigenvalue weighted by atomic mass is 9.87. The average molecular weight is 224 g/mol. The van der Waals surface area contributed by atoms with Gasteiger partial charge in [0, 0.05) is 0 Å². The van der Waals surface area contributed by atoms with Crippen LogP contribution in [0.2, 0.25) is 0 Å². The van der Waals surface area contributed by atoms with Gasteiger partial charge in [-0.1, -0.05) is 57.6 Å². The molecule has 16 heavy (non-hydrogen) atoms. The molecule has 0 saturated carbocycles. The van der Waals surface area contributed by atoms with E-state index in [9.17, 15) is 5.11 Å². The number of aliphatic hydroxyl groups excluding tert-OH is 1. The zero-order valence-electron chi connectivity index (χ0n) is 10.8. The van der Waals surface area contributed by atoms with Gasteiger partial charge in [0.1, 0.15) is 0 Å². The van der Waals surface area contributed by atoms with E-state index in [-0.39, 0.29) is 6.10 Å². The Labute approximate surface area is 101 Å². The lowest BCUT2D eigenvalue weighted by molar-refractivity contribution is 0.0907. The SMILES string of the molecule is CCCCCCCCC(O)C1CC=CCC1. The highest BCUT2D eigenvalue weighted by Gasteiger charge is 2.18. The molecule has 0 aromatic heterocycles. The predicted octanol–water partition coefficient (Wildman–Crippen LogP) is 4.45. The maximum Gasteiger partial charge on any atom is 0.0571 e. The van der Waals surface area contributed by atoms with E-state index < -0.39 is 0 Å². The molecule has 0 heterocycles. The minimum Gasteiger partial charge on any atom is -0.393 e. The minimum absolute atomic E-state index is 0.0453. The number of hydrogen-bond acceptors (Lipinski definition) is 1. The fourth-order valence-corrected chi connectivity index (χ4v) is 2.54. The second kappa shape index (κ2) is 8.81. The number of allylic oxidation sites excluding steroid dienone is 2. The molecule has 94 valence electrons. The Morgan fingerprint density at radius 1 is 1.12 bits per heavy atom. The molecule has 1 aliphatic rings. The molecule has 1 N–H and O–H groups in total. The second-order valence-corrected chi connectivity index (χ2v) is 5.17. The Hall–Kier alpha value is -0.300. The molecule has 2 unspecified atom stereocenters. The summed E-state index contributed by atoms with van der Waals surface area (Å²) in [4.78, 5) is 0. The third-order valence-corrected chi connectivity index (χ3v) is 3.71. The van der Waals surface area contributed by atoms with Gasteiger partial charge >= 0.3 is 0 Å². The van der Waals surface area contributed by atoms with Crippen molar-refractivity contribution in [1.82, 2.24) is 0 Å². The van der Waals surface area contributed by atoms with Crippen molar-refractivity contribution in [2.45, 2.75) is 77.2 Å². The van der Waals surface area contributed by atoms with Gasteiger partial charge < -0.3 is 5.11 Å². The summed E-state index contributed by atoms with van der Waals surface area (Å²) < 4.78 is 0. The highest BCUT2D eigenvalue weighted by atomic mass is 16.3. The molecular weight excluding hydrogens is 196 g/mol. The van der Waals surface area contributed by atoms with Crippen molar-refractivity contribution in [2.75, 3.05) is 0 Å². The summed E-state index contributed by atoms with van der Waals surface area (Å²) in [7, 11) is 0. The molecular formula is C15H28O. The lowest BCUT2D eigenvalue weighted by Crippen LogP contribution is -2.21. The van der Waals surface area contributed by atoms with Crippen molar-refractivity contribution in [3.63, 3.8) is 0 Å². The molecule has 1 heteroatoms. The van der Waals surface area contributed by atoms with Crippen molar-refractivity contribution >= 4 is 0 Å². The monoisotopic (exact) mass is 224 g/mol. The molecule has 0 radical (unpaired) electrons. The van der Waals surface area contributed by atoms with Crippen LogP contribution in [-0.4, -0.2) is 11.2 Å². The van der Waals surface area contributed by atoms with Crippen molar-refractivity contribution in [1.29, 1.82) is 0 Å². The van der Waals surface area contributed by atoms with Crippen LogP contribution < -0.4 is 0 Å². The van der Waals surface area contributed by atoms with Crippen LogP contribution in [0.5, 0.6) is 0 Å². The number of hydrogen-bond donors (Lipinski definition) is 1. The first kappa shape index (κ1) is 13.8. The maximum atomic E-state index is 10.0. The van der Waals surface area contributed by atoms with Crippen LogP contribution in [0.1, 0.15) is 71.1 Å². The van der Waals surface area contributed by atoms with Gasteiger partial charge in [-0.25, -0.2) is 0 Å². The topological polar surface area (TPSA) is 20.2 Å². The van der Waals surface area contributed by atoms with Crippen LogP contribution in [0.25, 0.3) is 0 Å². The van der Waals surface area contributed by atoms with E-state index >= 15 is 0 Å². The van der Waals surface area contributed by atoms with Gasteiger partial charge in [0.2, 0.25) is 0 Å². The van der Waals surface area contributed by atoms with Crippen LogP contribution in [0.3, 0.4) is 0 Å². The zero-order valence-corrected chi connectivity index (χ0v) is 10.8. The summed E-state index contributed by atoms with van der Waals surface area (Å²) in [6, 6.07) is 0. The van der Waals surface area contributed by atoms with Gasteiger partial charge in [-0.05, 0) is 31.6 Å². The van der Waals surface area contributed by atoms with Gasteiger partial charge in [0.25, 0.3) is 0 Å². The summed E-state index contributed by atoms with van der Waals surface area (Å²) in [6.07, 6.45) is 16.8. The molecule has 0 aromatic carbocycles. The minimum atomic E-state index is -0.0453. The van der Waals surface area contributed by atoms with Crippen LogP contribution in [0, 0.1) is 5.92 Å². The van der Waals surface area contributed by atoms with Gasteiger partial charge in [0.15, 0.2) is 0 Å². The summed E-state index contributed by atoms with van der Waals surface area (Å²) in [5.41, 5.74) is 0. The molecule has 1 aliphatic carbocycles. The Balaban J connectivity index is 1.97. The standard InChI is InChI=1S/C15H28O/c1-2-3-4-5-6-10-13-15(16)14-11-8-7-9-12-14/h7-8,14-16H,2-6,9-13H2,1H3. The van der Waals surface area contributed by atoms with E-state index in [0.29, 0.717) is 5.92 Å².